The van der Waals surface area contributed by atoms with Gasteiger partial charge in [-0.1, -0.05) is 18.2 Å². The highest BCUT2D eigenvalue weighted by Gasteiger charge is 2.19. The predicted molar refractivity (Wildman–Crippen MR) is 76.3 cm³/mol. The number of esters is 1. The molecule has 3 nitrogen and oxygen atoms in total. The Morgan fingerprint density at radius 1 is 1.21 bits per heavy atom. The SMILES string of the molecule is C/C=C(\Cc1ccc(OC)cc1)C(=O)OC(C)(C)C. The van der Waals surface area contributed by atoms with Gasteiger partial charge >= 0.3 is 5.97 Å². The first-order valence-electron chi connectivity index (χ1n) is 6.37. The largest absolute Gasteiger partial charge is 0.497 e. The molecule has 1 rings (SSSR count). The molecule has 0 radical (unpaired) electrons. The second kappa shape index (κ2) is 6.41. The highest BCUT2D eigenvalue weighted by atomic mass is 16.6. The van der Waals surface area contributed by atoms with Gasteiger partial charge in [-0.15, -0.1) is 0 Å². The minimum Gasteiger partial charge on any atom is -0.497 e. The molecule has 0 aliphatic carbocycles. The average molecular weight is 262 g/mol. The third-order valence-corrected chi connectivity index (χ3v) is 2.56. The number of ether oxygens (including phenoxy) is 2. The third kappa shape index (κ3) is 5.16. The Morgan fingerprint density at radius 2 is 1.79 bits per heavy atom. The lowest BCUT2D eigenvalue weighted by atomic mass is 10.0. The maximum Gasteiger partial charge on any atom is 0.334 e. The number of methoxy groups -OCH3 is 1. The van der Waals surface area contributed by atoms with Crippen molar-refractivity contribution >= 4 is 5.97 Å². The van der Waals surface area contributed by atoms with Gasteiger partial charge in [-0.25, -0.2) is 4.79 Å². The van der Waals surface area contributed by atoms with E-state index in [4.69, 9.17) is 9.47 Å². The molecular formula is C16H22O3. The van der Waals surface area contributed by atoms with Gasteiger partial charge in [0.1, 0.15) is 11.4 Å². The Bertz CT molecular complexity index is 450. The van der Waals surface area contributed by atoms with Crippen LogP contribution in [0.1, 0.15) is 33.3 Å². The number of allylic oxidation sites excluding steroid dienone is 1. The Kier molecular flexibility index (Phi) is 5.16. The Hall–Kier alpha value is -1.77. The van der Waals surface area contributed by atoms with Crippen molar-refractivity contribution in [1.29, 1.82) is 0 Å². The molecule has 1 aromatic carbocycles. The summed E-state index contributed by atoms with van der Waals surface area (Å²) in [5.41, 5.74) is 1.26. The molecule has 1 aromatic rings. The van der Waals surface area contributed by atoms with E-state index in [0.29, 0.717) is 12.0 Å². The molecule has 0 saturated heterocycles. The monoisotopic (exact) mass is 262 g/mol. The molecule has 0 spiro atoms. The summed E-state index contributed by atoms with van der Waals surface area (Å²) in [6.45, 7) is 7.45. The van der Waals surface area contributed by atoms with Gasteiger partial charge in [0.2, 0.25) is 0 Å². The van der Waals surface area contributed by atoms with E-state index in [1.165, 1.54) is 0 Å². The minimum absolute atomic E-state index is 0.259. The fraction of sp³-hybridized carbons (Fsp3) is 0.438. The zero-order valence-electron chi connectivity index (χ0n) is 12.3. The van der Waals surface area contributed by atoms with Crippen LogP contribution in [0.5, 0.6) is 5.75 Å². The molecule has 0 aliphatic heterocycles. The van der Waals surface area contributed by atoms with Crippen LogP contribution in [0.4, 0.5) is 0 Å². The molecule has 0 aromatic heterocycles. The molecule has 0 heterocycles. The Labute approximate surface area is 115 Å². The van der Waals surface area contributed by atoms with Gasteiger partial charge in [-0.3, -0.25) is 0 Å². The van der Waals surface area contributed by atoms with Crippen LogP contribution in [0.3, 0.4) is 0 Å². The van der Waals surface area contributed by atoms with Gasteiger partial charge in [-0.2, -0.15) is 0 Å². The van der Waals surface area contributed by atoms with E-state index in [1.807, 2.05) is 52.0 Å². The molecule has 19 heavy (non-hydrogen) atoms. The molecule has 3 heteroatoms. The standard InChI is InChI=1S/C16H22O3/c1-6-13(15(17)19-16(2,3)4)11-12-7-9-14(18-5)10-8-12/h6-10H,11H2,1-5H3/b13-6+. The van der Waals surface area contributed by atoms with E-state index in [2.05, 4.69) is 0 Å². The molecule has 0 unspecified atom stereocenters. The van der Waals surface area contributed by atoms with Gasteiger partial charge < -0.3 is 9.47 Å². The van der Waals surface area contributed by atoms with Gasteiger partial charge in [0.25, 0.3) is 0 Å². The van der Waals surface area contributed by atoms with Crippen molar-refractivity contribution in [3.63, 3.8) is 0 Å². The normalized spacial score (nSPS) is 12.2. The highest BCUT2D eigenvalue weighted by Crippen LogP contribution is 2.17. The fourth-order valence-electron chi connectivity index (χ4n) is 1.60. The van der Waals surface area contributed by atoms with Crippen LogP contribution in [0, 0.1) is 0 Å². The number of carbonyl (C=O) groups excluding carboxylic acids is 1. The predicted octanol–water partition coefficient (Wildman–Crippen LogP) is 3.53. The van der Waals surface area contributed by atoms with Crippen LogP contribution >= 0.6 is 0 Å². The lowest BCUT2D eigenvalue weighted by Crippen LogP contribution is -2.25. The van der Waals surface area contributed by atoms with Crippen molar-refractivity contribution < 1.29 is 14.3 Å². The first-order valence-corrected chi connectivity index (χ1v) is 6.37. The molecule has 104 valence electrons. The van der Waals surface area contributed by atoms with Crippen LogP contribution in [0.25, 0.3) is 0 Å². The fourth-order valence-corrected chi connectivity index (χ4v) is 1.60. The summed E-state index contributed by atoms with van der Waals surface area (Å²) in [5.74, 6) is 0.550. The summed E-state index contributed by atoms with van der Waals surface area (Å²) in [5, 5.41) is 0. The summed E-state index contributed by atoms with van der Waals surface area (Å²) in [4.78, 5) is 12.0. The van der Waals surface area contributed by atoms with Crippen molar-refractivity contribution in [1.82, 2.24) is 0 Å². The first-order chi connectivity index (χ1) is 8.85. The van der Waals surface area contributed by atoms with Crippen LogP contribution in [0.15, 0.2) is 35.9 Å². The van der Waals surface area contributed by atoms with E-state index in [-0.39, 0.29) is 5.97 Å². The minimum atomic E-state index is -0.467. The number of hydrogen-bond donors (Lipinski definition) is 0. The van der Waals surface area contributed by atoms with E-state index >= 15 is 0 Å². The van der Waals surface area contributed by atoms with Crippen molar-refractivity contribution in [2.45, 2.75) is 39.7 Å². The van der Waals surface area contributed by atoms with E-state index < -0.39 is 5.60 Å². The van der Waals surface area contributed by atoms with E-state index in [9.17, 15) is 4.79 Å². The number of hydrogen-bond acceptors (Lipinski definition) is 3. The zero-order valence-corrected chi connectivity index (χ0v) is 12.3. The smallest absolute Gasteiger partial charge is 0.334 e. The molecule has 0 bridgehead atoms. The lowest BCUT2D eigenvalue weighted by molar-refractivity contribution is -0.150. The molecule has 0 saturated carbocycles. The maximum atomic E-state index is 12.0. The topological polar surface area (TPSA) is 35.5 Å². The number of benzene rings is 1. The Morgan fingerprint density at radius 3 is 2.21 bits per heavy atom. The van der Waals surface area contributed by atoms with Crippen LogP contribution < -0.4 is 4.74 Å². The third-order valence-electron chi connectivity index (χ3n) is 2.56. The van der Waals surface area contributed by atoms with E-state index in [1.54, 1.807) is 13.2 Å². The van der Waals surface area contributed by atoms with Gasteiger partial charge in [-0.05, 0) is 45.4 Å². The molecule has 0 fully saturated rings. The van der Waals surface area contributed by atoms with Crippen molar-refractivity contribution in [3.05, 3.63) is 41.5 Å². The molecule has 0 atom stereocenters. The summed E-state index contributed by atoms with van der Waals surface area (Å²) < 4.78 is 10.5. The summed E-state index contributed by atoms with van der Waals surface area (Å²) in [6, 6.07) is 7.68. The zero-order chi connectivity index (χ0) is 14.5. The maximum absolute atomic E-state index is 12.0. The van der Waals surface area contributed by atoms with Crippen molar-refractivity contribution in [2.75, 3.05) is 7.11 Å². The van der Waals surface area contributed by atoms with Crippen LogP contribution in [-0.4, -0.2) is 18.7 Å². The van der Waals surface area contributed by atoms with Gasteiger partial charge in [0.05, 0.1) is 7.11 Å². The molecule has 0 N–H and O–H groups in total. The summed E-state index contributed by atoms with van der Waals surface area (Å²) in [7, 11) is 1.63. The van der Waals surface area contributed by atoms with E-state index in [0.717, 1.165) is 11.3 Å². The highest BCUT2D eigenvalue weighted by molar-refractivity contribution is 5.89. The lowest BCUT2D eigenvalue weighted by Gasteiger charge is -2.20. The number of carbonyl (C=O) groups is 1. The molecule has 0 amide bonds. The summed E-state index contributed by atoms with van der Waals surface area (Å²) >= 11 is 0. The van der Waals surface area contributed by atoms with Gasteiger partial charge in [0, 0.05) is 12.0 Å². The first kappa shape index (κ1) is 15.3. The quantitative estimate of drug-likeness (QED) is 0.615. The molecular weight excluding hydrogens is 240 g/mol. The number of rotatable bonds is 4. The average Bonchev–Trinajstić information content (AvgIpc) is 2.34. The van der Waals surface area contributed by atoms with Gasteiger partial charge in [0.15, 0.2) is 0 Å². The molecule has 0 aliphatic rings. The Balaban J connectivity index is 2.74. The second-order valence-electron chi connectivity index (χ2n) is 5.34. The van der Waals surface area contributed by atoms with Crippen LogP contribution in [-0.2, 0) is 16.0 Å². The van der Waals surface area contributed by atoms with Crippen molar-refractivity contribution in [2.24, 2.45) is 0 Å². The summed E-state index contributed by atoms with van der Waals surface area (Å²) in [6.07, 6.45) is 2.37. The van der Waals surface area contributed by atoms with Crippen LogP contribution in [0.2, 0.25) is 0 Å². The second-order valence-corrected chi connectivity index (χ2v) is 5.34. The van der Waals surface area contributed by atoms with Crippen molar-refractivity contribution in [3.8, 4) is 5.75 Å².